The third-order valence-corrected chi connectivity index (χ3v) is 4.66. The zero-order valence-corrected chi connectivity index (χ0v) is 14.2. The van der Waals surface area contributed by atoms with Crippen molar-refractivity contribution in [1.82, 2.24) is 5.32 Å². The summed E-state index contributed by atoms with van der Waals surface area (Å²) in [5, 5.41) is 3.09. The van der Waals surface area contributed by atoms with Crippen molar-refractivity contribution >= 4 is 5.91 Å². The van der Waals surface area contributed by atoms with E-state index in [4.69, 9.17) is 9.47 Å². The van der Waals surface area contributed by atoms with Crippen LogP contribution in [0.25, 0.3) is 0 Å². The molecule has 1 amide bonds. The Morgan fingerprint density at radius 3 is 2.38 bits per heavy atom. The van der Waals surface area contributed by atoms with Crippen molar-refractivity contribution in [2.45, 2.75) is 24.7 Å². The summed E-state index contributed by atoms with van der Waals surface area (Å²) in [6.45, 7) is 0.614. The van der Waals surface area contributed by atoms with Gasteiger partial charge in [0.2, 0.25) is 5.91 Å². The highest BCUT2D eigenvalue weighted by Crippen LogP contribution is 2.48. The fourth-order valence-electron chi connectivity index (χ4n) is 3.05. The van der Waals surface area contributed by atoms with Crippen LogP contribution >= 0.6 is 0 Å². The molecule has 3 rings (SSSR count). The number of nitrogens with one attached hydrogen (secondary N) is 1. The largest absolute Gasteiger partial charge is 0.493 e. The molecule has 0 radical (unpaired) electrons. The second-order valence-corrected chi connectivity index (χ2v) is 6.14. The van der Waals surface area contributed by atoms with Gasteiger partial charge in [-0.3, -0.25) is 4.79 Å². The van der Waals surface area contributed by atoms with E-state index in [-0.39, 0.29) is 11.3 Å². The number of amides is 1. The Kier molecular flexibility index (Phi) is 4.74. The lowest BCUT2D eigenvalue weighted by molar-refractivity contribution is -0.123. The van der Waals surface area contributed by atoms with Gasteiger partial charge >= 0.3 is 0 Å². The van der Waals surface area contributed by atoms with Crippen molar-refractivity contribution in [2.24, 2.45) is 0 Å². The van der Waals surface area contributed by atoms with Crippen molar-refractivity contribution in [2.75, 3.05) is 20.8 Å². The first kappa shape index (κ1) is 16.4. The normalized spacial score (nSPS) is 14.8. The third-order valence-electron chi connectivity index (χ3n) is 4.66. The average Bonchev–Trinajstić information content (AvgIpc) is 3.44. The fraction of sp³-hybridized carbons (Fsp3) is 0.350. The van der Waals surface area contributed by atoms with E-state index in [1.54, 1.807) is 14.2 Å². The molecule has 0 unspecified atom stereocenters. The first-order chi connectivity index (χ1) is 11.7. The van der Waals surface area contributed by atoms with Gasteiger partial charge in [-0.2, -0.15) is 0 Å². The topological polar surface area (TPSA) is 47.6 Å². The number of carbonyl (C=O) groups excluding carboxylic acids is 1. The molecular formula is C20H23NO3. The van der Waals surface area contributed by atoms with E-state index in [0.717, 1.165) is 30.4 Å². The first-order valence-electron chi connectivity index (χ1n) is 8.24. The monoisotopic (exact) mass is 325 g/mol. The Morgan fingerprint density at radius 1 is 1.04 bits per heavy atom. The van der Waals surface area contributed by atoms with Gasteiger partial charge in [-0.05, 0) is 42.5 Å². The van der Waals surface area contributed by atoms with Gasteiger partial charge in [0.1, 0.15) is 0 Å². The van der Waals surface area contributed by atoms with E-state index in [1.807, 2.05) is 48.5 Å². The summed E-state index contributed by atoms with van der Waals surface area (Å²) in [6.07, 6.45) is 2.62. The van der Waals surface area contributed by atoms with Crippen molar-refractivity contribution in [3.63, 3.8) is 0 Å². The van der Waals surface area contributed by atoms with Gasteiger partial charge in [-0.1, -0.05) is 36.4 Å². The van der Waals surface area contributed by atoms with E-state index in [0.29, 0.717) is 18.0 Å². The Balaban J connectivity index is 1.58. The molecule has 1 aliphatic rings. The van der Waals surface area contributed by atoms with Gasteiger partial charge in [0.15, 0.2) is 11.5 Å². The van der Waals surface area contributed by atoms with Crippen LogP contribution in [0.15, 0.2) is 48.5 Å². The lowest BCUT2D eigenvalue weighted by Crippen LogP contribution is -2.35. The minimum Gasteiger partial charge on any atom is -0.493 e. The summed E-state index contributed by atoms with van der Waals surface area (Å²) in [4.78, 5) is 12.6. The number of benzene rings is 2. The number of hydrogen-bond donors (Lipinski definition) is 1. The minimum atomic E-state index is -0.307. The minimum absolute atomic E-state index is 0.133. The Hall–Kier alpha value is -2.49. The van der Waals surface area contributed by atoms with Gasteiger partial charge in [-0.15, -0.1) is 0 Å². The first-order valence-corrected chi connectivity index (χ1v) is 8.24. The number of hydrogen-bond acceptors (Lipinski definition) is 3. The van der Waals surface area contributed by atoms with E-state index in [9.17, 15) is 4.79 Å². The molecule has 24 heavy (non-hydrogen) atoms. The van der Waals surface area contributed by atoms with Crippen molar-refractivity contribution in [1.29, 1.82) is 0 Å². The van der Waals surface area contributed by atoms with Crippen LogP contribution in [0.4, 0.5) is 0 Å². The molecule has 1 fully saturated rings. The van der Waals surface area contributed by atoms with Gasteiger partial charge < -0.3 is 14.8 Å². The third kappa shape index (κ3) is 3.23. The molecule has 0 heterocycles. The Morgan fingerprint density at radius 2 is 1.75 bits per heavy atom. The second kappa shape index (κ2) is 6.95. The van der Waals surface area contributed by atoms with Crippen molar-refractivity contribution < 1.29 is 14.3 Å². The van der Waals surface area contributed by atoms with Crippen molar-refractivity contribution in [3.05, 3.63) is 59.7 Å². The van der Waals surface area contributed by atoms with Crippen LogP contribution in [-0.4, -0.2) is 26.7 Å². The number of carbonyl (C=O) groups is 1. The van der Waals surface area contributed by atoms with Gasteiger partial charge in [0.05, 0.1) is 19.6 Å². The fourth-order valence-corrected chi connectivity index (χ4v) is 3.05. The maximum atomic E-state index is 12.6. The molecule has 0 saturated heterocycles. The van der Waals surface area contributed by atoms with Crippen LogP contribution < -0.4 is 14.8 Å². The van der Waals surface area contributed by atoms with Crippen LogP contribution in [0, 0.1) is 0 Å². The van der Waals surface area contributed by atoms with Crippen LogP contribution in [0.1, 0.15) is 24.0 Å². The van der Waals surface area contributed by atoms with Crippen LogP contribution in [0.2, 0.25) is 0 Å². The number of ether oxygens (including phenoxy) is 2. The molecular weight excluding hydrogens is 302 g/mol. The zero-order valence-electron chi connectivity index (χ0n) is 14.2. The van der Waals surface area contributed by atoms with Gasteiger partial charge in [0.25, 0.3) is 0 Å². The summed E-state index contributed by atoms with van der Waals surface area (Å²) in [7, 11) is 3.25. The quantitative estimate of drug-likeness (QED) is 0.851. The number of rotatable bonds is 7. The summed E-state index contributed by atoms with van der Waals surface area (Å²) < 4.78 is 10.6. The van der Waals surface area contributed by atoms with E-state index in [1.165, 1.54) is 0 Å². The molecule has 0 atom stereocenters. The van der Waals surface area contributed by atoms with Gasteiger partial charge in [-0.25, -0.2) is 0 Å². The second-order valence-electron chi connectivity index (χ2n) is 6.14. The van der Waals surface area contributed by atoms with Crippen molar-refractivity contribution in [3.8, 4) is 11.5 Å². The molecule has 0 spiro atoms. The zero-order chi connectivity index (χ0) is 17.0. The standard InChI is InChI=1S/C20H23NO3/c1-23-17-9-8-15(14-18(17)24-2)10-13-21-19(22)20(11-12-20)16-6-4-3-5-7-16/h3-9,14H,10-13H2,1-2H3,(H,21,22). The highest BCUT2D eigenvalue weighted by molar-refractivity contribution is 5.91. The molecule has 0 aromatic heterocycles. The molecule has 1 saturated carbocycles. The summed E-state index contributed by atoms with van der Waals surface area (Å²) in [6, 6.07) is 15.9. The maximum Gasteiger partial charge on any atom is 0.230 e. The number of methoxy groups -OCH3 is 2. The molecule has 0 bridgehead atoms. The lowest BCUT2D eigenvalue weighted by Gasteiger charge is -2.16. The van der Waals surface area contributed by atoms with E-state index in [2.05, 4.69) is 5.32 Å². The smallest absolute Gasteiger partial charge is 0.230 e. The predicted octanol–water partition coefficient (Wildman–Crippen LogP) is 3.09. The Bertz CT molecular complexity index is 708. The molecule has 4 heteroatoms. The molecule has 2 aromatic carbocycles. The molecule has 1 N–H and O–H groups in total. The van der Waals surface area contributed by atoms with Crippen LogP contribution in [0.3, 0.4) is 0 Å². The van der Waals surface area contributed by atoms with Crippen LogP contribution in [0.5, 0.6) is 11.5 Å². The van der Waals surface area contributed by atoms with E-state index < -0.39 is 0 Å². The predicted molar refractivity (Wildman–Crippen MR) is 93.6 cm³/mol. The highest BCUT2D eigenvalue weighted by atomic mass is 16.5. The highest BCUT2D eigenvalue weighted by Gasteiger charge is 2.50. The lowest BCUT2D eigenvalue weighted by atomic mass is 9.95. The summed E-state index contributed by atoms with van der Waals surface area (Å²) in [5.41, 5.74) is 1.92. The SMILES string of the molecule is COc1ccc(CCNC(=O)C2(c3ccccc3)CC2)cc1OC. The summed E-state index contributed by atoms with van der Waals surface area (Å²) >= 11 is 0. The molecule has 2 aromatic rings. The summed E-state index contributed by atoms with van der Waals surface area (Å²) in [5.74, 6) is 1.56. The van der Waals surface area contributed by atoms with Crippen LogP contribution in [-0.2, 0) is 16.6 Å². The molecule has 0 aliphatic heterocycles. The Labute approximate surface area is 142 Å². The van der Waals surface area contributed by atoms with E-state index >= 15 is 0 Å². The molecule has 1 aliphatic carbocycles. The maximum absolute atomic E-state index is 12.6. The van der Waals surface area contributed by atoms with Gasteiger partial charge in [0, 0.05) is 6.54 Å². The average molecular weight is 325 g/mol. The molecule has 4 nitrogen and oxygen atoms in total. The molecule has 126 valence electrons.